The summed E-state index contributed by atoms with van der Waals surface area (Å²) in [6, 6.07) is 13.5. The number of hydrogen-bond donors (Lipinski definition) is 1. The number of benzene rings is 2. The van der Waals surface area contributed by atoms with Crippen molar-refractivity contribution in [1.82, 2.24) is 5.32 Å². The van der Waals surface area contributed by atoms with E-state index in [1.54, 1.807) is 19.1 Å². The van der Waals surface area contributed by atoms with Crippen LogP contribution >= 0.6 is 11.6 Å². The summed E-state index contributed by atoms with van der Waals surface area (Å²) in [5.41, 5.74) is 0.732. The first-order chi connectivity index (χ1) is 14.0. The zero-order valence-electron chi connectivity index (χ0n) is 18.0. The molecule has 0 spiro atoms. The van der Waals surface area contributed by atoms with E-state index in [4.69, 9.17) is 16.3 Å². The Hall–Kier alpha value is -2.25. The van der Waals surface area contributed by atoms with E-state index in [0.717, 1.165) is 16.1 Å². The van der Waals surface area contributed by atoms with Gasteiger partial charge in [0, 0.05) is 10.6 Å². The maximum Gasteiger partial charge on any atom is 0.244 e. The van der Waals surface area contributed by atoms with E-state index in [1.807, 2.05) is 44.2 Å². The second-order valence-corrected chi connectivity index (χ2v) is 10.1. The Morgan fingerprint density at radius 2 is 1.83 bits per heavy atom. The average Bonchev–Trinajstić information content (AvgIpc) is 2.64. The van der Waals surface area contributed by atoms with Crippen molar-refractivity contribution in [2.45, 2.75) is 45.2 Å². The number of anilines is 1. The maximum atomic E-state index is 13.2. The fourth-order valence-corrected chi connectivity index (χ4v) is 4.81. The minimum atomic E-state index is -3.80. The molecule has 0 heterocycles. The molecular formula is C22H29ClN2O4S. The van der Waals surface area contributed by atoms with Crippen LogP contribution in [0.4, 0.5) is 5.69 Å². The first kappa shape index (κ1) is 24.0. The van der Waals surface area contributed by atoms with Crippen molar-refractivity contribution in [1.29, 1.82) is 0 Å². The number of rotatable bonds is 9. The topological polar surface area (TPSA) is 75.7 Å². The van der Waals surface area contributed by atoms with Crippen LogP contribution in [0.3, 0.4) is 0 Å². The van der Waals surface area contributed by atoms with E-state index in [9.17, 15) is 13.2 Å². The van der Waals surface area contributed by atoms with Gasteiger partial charge in [-0.05, 0) is 50.5 Å². The molecule has 2 aromatic carbocycles. The number of nitrogens with one attached hydrogen (secondary N) is 1. The predicted octanol–water partition coefficient (Wildman–Crippen LogP) is 4.03. The molecule has 2 aromatic rings. The quantitative estimate of drug-likeness (QED) is 0.623. The molecule has 164 valence electrons. The summed E-state index contributed by atoms with van der Waals surface area (Å²) < 4.78 is 31.9. The minimum absolute atomic E-state index is 0.232. The molecule has 1 amide bonds. The highest BCUT2D eigenvalue weighted by Crippen LogP contribution is 2.35. The molecule has 0 saturated heterocycles. The third kappa shape index (κ3) is 6.12. The van der Waals surface area contributed by atoms with Gasteiger partial charge in [-0.3, -0.25) is 9.10 Å². The Kier molecular flexibility index (Phi) is 7.77. The van der Waals surface area contributed by atoms with Gasteiger partial charge in [0.05, 0.1) is 19.1 Å². The highest BCUT2D eigenvalue weighted by atomic mass is 35.5. The highest BCUT2D eigenvalue weighted by molar-refractivity contribution is 7.92. The van der Waals surface area contributed by atoms with Crippen LogP contribution in [0.2, 0.25) is 5.02 Å². The molecule has 0 radical (unpaired) electrons. The molecule has 1 N–H and O–H groups in total. The van der Waals surface area contributed by atoms with Crippen molar-refractivity contribution >= 4 is 33.2 Å². The second kappa shape index (κ2) is 9.71. The van der Waals surface area contributed by atoms with E-state index >= 15 is 0 Å². The first-order valence-electron chi connectivity index (χ1n) is 9.67. The molecule has 0 bridgehead atoms. The van der Waals surface area contributed by atoms with Crippen LogP contribution < -0.4 is 14.4 Å². The maximum absolute atomic E-state index is 13.2. The number of ether oxygens (including phenoxy) is 1. The smallest absolute Gasteiger partial charge is 0.244 e. The third-order valence-electron chi connectivity index (χ3n) is 4.66. The van der Waals surface area contributed by atoms with Crippen LogP contribution in [0, 0.1) is 0 Å². The van der Waals surface area contributed by atoms with Gasteiger partial charge in [0.2, 0.25) is 15.9 Å². The van der Waals surface area contributed by atoms with Gasteiger partial charge in [-0.15, -0.1) is 0 Å². The third-order valence-corrected chi connectivity index (χ3v) is 6.06. The van der Waals surface area contributed by atoms with Gasteiger partial charge in [-0.25, -0.2) is 8.42 Å². The number of amides is 1. The zero-order valence-corrected chi connectivity index (χ0v) is 19.5. The van der Waals surface area contributed by atoms with E-state index in [0.29, 0.717) is 17.2 Å². The largest absolute Gasteiger partial charge is 0.495 e. The number of carbonyl (C=O) groups excluding carboxylic acids is 1. The van der Waals surface area contributed by atoms with E-state index in [-0.39, 0.29) is 18.0 Å². The number of carbonyl (C=O) groups is 1. The Balaban J connectivity index is 2.38. The first-order valence-corrected chi connectivity index (χ1v) is 11.9. The van der Waals surface area contributed by atoms with Crippen molar-refractivity contribution in [3.8, 4) is 5.75 Å². The fraction of sp³-hybridized carbons (Fsp3) is 0.409. The number of nitrogens with zero attached hydrogens (tertiary/aromatic N) is 1. The van der Waals surface area contributed by atoms with Gasteiger partial charge >= 0.3 is 0 Å². The number of sulfonamides is 1. The molecule has 30 heavy (non-hydrogen) atoms. The molecule has 2 rings (SSSR count). The van der Waals surface area contributed by atoms with Crippen molar-refractivity contribution in [2.24, 2.45) is 0 Å². The number of methoxy groups -OCH3 is 1. The lowest BCUT2D eigenvalue weighted by Crippen LogP contribution is -2.55. The van der Waals surface area contributed by atoms with Gasteiger partial charge in [0.1, 0.15) is 11.8 Å². The zero-order chi connectivity index (χ0) is 22.5. The minimum Gasteiger partial charge on any atom is -0.495 e. The average molecular weight is 453 g/mol. The van der Waals surface area contributed by atoms with Crippen molar-refractivity contribution in [2.75, 3.05) is 17.7 Å². The summed E-state index contributed by atoms with van der Waals surface area (Å²) in [6.07, 6.45) is 1.95. The Bertz CT molecular complexity index is 978. The predicted molar refractivity (Wildman–Crippen MR) is 122 cm³/mol. The SMILES string of the molecule is CCC(C(=O)NC(C)(C)Cc1ccccc1)N(c1cc(Cl)ccc1OC)S(C)(=O)=O. The number of hydrogen-bond acceptors (Lipinski definition) is 4. The van der Waals surface area contributed by atoms with Crippen LogP contribution in [0.1, 0.15) is 32.8 Å². The molecule has 0 aliphatic rings. The molecule has 1 unspecified atom stereocenters. The fourth-order valence-electron chi connectivity index (χ4n) is 3.44. The van der Waals surface area contributed by atoms with Gasteiger partial charge in [-0.2, -0.15) is 0 Å². The summed E-state index contributed by atoms with van der Waals surface area (Å²) in [4.78, 5) is 13.2. The Labute approximate surface area is 184 Å². The summed E-state index contributed by atoms with van der Waals surface area (Å²) >= 11 is 6.11. The van der Waals surface area contributed by atoms with Crippen molar-refractivity contribution in [3.05, 3.63) is 59.1 Å². The normalized spacial score (nSPS) is 12.9. The summed E-state index contributed by atoms with van der Waals surface area (Å²) in [6.45, 7) is 5.59. The van der Waals surface area contributed by atoms with Gasteiger partial charge in [0.25, 0.3) is 0 Å². The van der Waals surface area contributed by atoms with Crippen molar-refractivity contribution in [3.63, 3.8) is 0 Å². The Morgan fingerprint density at radius 3 is 2.37 bits per heavy atom. The standard InChI is InChI=1S/C22H29ClN2O4S/c1-6-18(21(26)24-22(2,3)15-16-10-8-7-9-11-16)25(30(5,27)28)19-14-17(23)12-13-20(19)29-4/h7-14,18H,6,15H2,1-5H3,(H,24,26). The molecule has 0 aliphatic carbocycles. The van der Waals surface area contributed by atoms with Gasteiger partial charge in [0.15, 0.2) is 0 Å². The molecule has 0 saturated carbocycles. The van der Waals surface area contributed by atoms with Gasteiger partial charge in [-0.1, -0.05) is 48.9 Å². The molecule has 0 aliphatic heterocycles. The van der Waals surface area contributed by atoms with Crippen LogP contribution in [-0.2, 0) is 21.2 Å². The lowest BCUT2D eigenvalue weighted by Gasteiger charge is -2.34. The van der Waals surface area contributed by atoms with E-state index < -0.39 is 21.6 Å². The van der Waals surface area contributed by atoms with Gasteiger partial charge < -0.3 is 10.1 Å². The summed E-state index contributed by atoms with van der Waals surface area (Å²) in [5.74, 6) is -0.0643. The van der Waals surface area contributed by atoms with Crippen LogP contribution in [0.15, 0.2) is 48.5 Å². The molecule has 8 heteroatoms. The van der Waals surface area contributed by atoms with E-state index in [1.165, 1.54) is 13.2 Å². The van der Waals surface area contributed by atoms with Crippen LogP contribution in [-0.4, -0.2) is 39.3 Å². The van der Waals surface area contributed by atoms with E-state index in [2.05, 4.69) is 5.32 Å². The lowest BCUT2D eigenvalue weighted by molar-refractivity contribution is -0.123. The second-order valence-electron chi connectivity index (χ2n) is 7.83. The Morgan fingerprint density at radius 1 is 1.20 bits per heavy atom. The lowest BCUT2D eigenvalue weighted by atomic mass is 9.94. The van der Waals surface area contributed by atoms with Crippen molar-refractivity contribution < 1.29 is 17.9 Å². The monoisotopic (exact) mass is 452 g/mol. The van der Waals surface area contributed by atoms with Crippen LogP contribution in [0.5, 0.6) is 5.75 Å². The highest BCUT2D eigenvalue weighted by Gasteiger charge is 2.35. The molecular weight excluding hydrogens is 424 g/mol. The molecule has 0 aromatic heterocycles. The molecule has 6 nitrogen and oxygen atoms in total. The molecule has 1 atom stereocenters. The number of halogens is 1. The van der Waals surface area contributed by atoms with Crippen LogP contribution in [0.25, 0.3) is 0 Å². The summed E-state index contributed by atoms with van der Waals surface area (Å²) in [7, 11) is -2.36. The summed E-state index contributed by atoms with van der Waals surface area (Å²) in [5, 5.41) is 3.36. The molecule has 0 fully saturated rings.